The Labute approximate surface area is 168 Å². The maximum Gasteiger partial charge on any atom is 0.460 e. The van der Waals surface area contributed by atoms with Crippen molar-refractivity contribution < 1.29 is 83.0 Å². The molecule has 0 spiro atoms. The van der Waals surface area contributed by atoms with Gasteiger partial charge in [-0.1, -0.05) is 19.8 Å². The van der Waals surface area contributed by atoms with E-state index in [2.05, 4.69) is 4.18 Å². The lowest BCUT2D eigenvalue weighted by Crippen LogP contribution is -2.73. The zero-order valence-electron chi connectivity index (χ0n) is 14.9. The first-order valence-electron chi connectivity index (χ1n) is 7.66. The Hall–Kier alpha value is -1.18. The van der Waals surface area contributed by atoms with E-state index < -0.39 is 71.1 Å². The van der Waals surface area contributed by atoms with Crippen LogP contribution in [0.2, 0.25) is 0 Å². The molecule has 0 aromatic carbocycles. The Balaban J connectivity index is 6.73. The lowest BCUT2D eigenvalue weighted by atomic mass is 9.88. The van der Waals surface area contributed by atoms with Crippen LogP contribution >= 0.6 is 0 Å². The van der Waals surface area contributed by atoms with E-state index >= 15 is 0 Å². The fourth-order valence-electron chi connectivity index (χ4n) is 2.01. The molecular formula is C12H11F15O4S. The van der Waals surface area contributed by atoms with E-state index in [0.717, 1.165) is 6.92 Å². The molecule has 1 unspecified atom stereocenters. The molecule has 32 heavy (non-hydrogen) atoms. The molecule has 194 valence electrons. The summed E-state index contributed by atoms with van der Waals surface area (Å²) >= 11 is 0. The number of halogens is 15. The van der Waals surface area contributed by atoms with Crippen molar-refractivity contribution in [3.8, 4) is 0 Å². The van der Waals surface area contributed by atoms with Crippen LogP contribution < -0.4 is 0 Å². The molecule has 0 saturated carbocycles. The summed E-state index contributed by atoms with van der Waals surface area (Å²) in [5.41, 5.74) is 0. The van der Waals surface area contributed by atoms with Crippen LogP contribution in [0.4, 0.5) is 65.9 Å². The summed E-state index contributed by atoms with van der Waals surface area (Å²) in [4.78, 5) is 0. The van der Waals surface area contributed by atoms with Crippen molar-refractivity contribution in [2.75, 3.05) is 0 Å². The van der Waals surface area contributed by atoms with Crippen molar-refractivity contribution in [2.24, 2.45) is 0 Å². The van der Waals surface area contributed by atoms with Crippen molar-refractivity contribution in [2.45, 2.75) is 74.0 Å². The first-order valence-corrected chi connectivity index (χ1v) is 9.02. The van der Waals surface area contributed by atoms with Crippen LogP contribution in [0.25, 0.3) is 0 Å². The number of hydrogen-bond donors (Lipinski definition) is 1. The highest BCUT2D eigenvalue weighted by Gasteiger charge is 2.93. The van der Waals surface area contributed by atoms with Gasteiger partial charge in [-0.05, 0) is 6.42 Å². The largest absolute Gasteiger partial charge is 0.460 e. The lowest BCUT2D eigenvalue weighted by molar-refractivity contribution is -0.455. The van der Waals surface area contributed by atoms with E-state index in [9.17, 15) is 74.3 Å². The van der Waals surface area contributed by atoms with Gasteiger partial charge < -0.3 is 0 Å². The third-order valence-electron chi connectivity index (χ3n) is 3.81. The predicted molar refractivity (Wildman–Crippen MR) is 71.7 cm³/mol. The normalized spacial score (nSPS) is 16.9. The lowest BCUT2D eigenvalue weighted by Gasteiger charge is -2.42. The minimum absolute atomic E-state index is 0.324. The standard InChI is InChI=1S/C12H11F15O4S/c1-2-3-4-5(31-32(28,29)30)6(13,14)7(15,16)8(17,18)9(19,20)10(21,22)11(23,24)12(25,26)27/h5H,2-4H2,1H3,(H,28,29,30). The number of alkyl halides is 15. The molecular weight excluding hydrogens is 525 g/mol. The molecule has 0 amide bonds. The third-order valence-corrected chi connectivity index (χ3v) is 4.29. The van der Waals surface area contributed by atoms with Crippen LogP contribution in [0.15, 0.2) is 0 Å². The summed E-state index contributed by atoms with van der Waals surface area (Å²) in [6.07, 6.45) is -14.8. The second-order valence-corrected chi connectivity index (χ2v) is 7.20. The first-order chi connectivity index (χ1) is 13.7. The monoisotopic (exact) mass is 536 g/mol. The highest BCUT2D eigenvalue weighted by Crippen LogP contribution is 2.63. The van der Waals surface area contributed by atoms with E-state index in [1.54, 1.807) is 0 Å². The van der Waals surface area contributed by atoms with Crippen LogP contribution in [-0.4, -0.2) is 60.8 Å². The summed E-state index contributed by atoms with van der Waals surface area (Å²) in [6, 6.07) is 0. The van der Waals surface area contributed by atoms with Gasteiger partial charge in [0.25, 0.3) is 0 Å². The zero-order valence-corrected chi connectivity index (χ0v) is 15.8. The summed E-state index contributed by atoms with van der Waals surface area (Å²) in [5, 5.41) is 0. The Morgan fingerprint density at radius 2 is 1.03 bits per heavy atom. The van der Waals surface area contributed by atoms with Crippen LogP contribution in [-0.2, 0) is 14.6 Å². The predicted octanol–water partition coefficient (Wildman–Crippen LogP) is 5.74. The highest BCUT2D eigenvalue weighted by atomic mass is 32.3. The summed E-state index contributed by atoms with van der Waals surface area (Å²) in [7, 11) is -6.21. The molecule has 0 aliphatic carbocycles. The van der Waals surface area contributed by atoms with Gasteiger partial charge in [0.2, 0.25) is 0 Å². The van der Waals surface area contributed by atoms with Crippen molar-refractivity contribution in [1.82, 2.24) is 0 Å². The maximum absolute atomic E-state index is 13.9. The molecule has 0 heterocycles. The summed E-state index contributed by atoms with van der Waals surface area (Å²) in [6.45, 7) is 1.09. The first kappa shape index (κ1) is 30.8. The molecule has 1 N–H and O–H groups in total. The minimum Gasteiger partial charge on any atom is -0.264 e. The molecule has 0 saturated heterocycles. The third kappa shape index (κ3) is 4.85. The molecule has 0 rings (SSSR count). The zero-order chi connectivity index (χ0) is 26.4. The molecule has 0 aliphatic rings. The van der Waals surface area contributed by atoms with E-state index in [1.165, 1.54) is 0 Å². The average Bonchev–Trinajstić information content (AvgIpc) is 2.55. The summed E-state index contributed by atoms with van der Waals surface area (Å²) < 4.78 is 229. The molecule has 1 atom stereocenters. The van der Waals surface area contributed by atoms with Crippen LogP contribution in [0, 0.1) is 0 Å². The highest BCUT2D eigenvalue weighted by molar-refractivity contribution is 7.80. The van der Waals surface area contributed by atoms with E-state index in [1.807, 2.05) is 0 Å². The maximum atomic E-state index is 13.9. The molecule has 0 radical (unpaired) electrons. The van der Waals surface area contributed by atoms with E-state index in [-0.39, 0.29) is 6.42 Å². The van der Waals surface area contributed by atoms with Gasteiger partial charge in [-0.15, -0.1) is 0 Å². The van der Waals surface area contributed by atoms with E-state index in [0.29, 0.717) is 0 Å². The number of hydrogen-bond acceptors (Lipinski definition) is 3. The molecule has 20 heteroatoms. The molecule has 0 aliphatic heterocycles. The molecule has 0 aromatic rings. The van der Waals surface area contributed by atoms with Crippen LogP contribution in [0.3, 0.4) is 0 Å². The van der Waals surface area contributed by atoms with Gasteiger partial charge in [0.05, 0.1) is 0 Å². The Morgan fingerprint density at radius 3 is 1.34 bits per heavy atom. The topological polar surface area (TPSA) is 63.6 Å². The van der Waals surface area contributed by atoms with Gasteiger partial charge in [-0.25, -0.2) is 4.18 Å². The van der Waals surface area contributed by atoms with Crippen molar-refractivity contribution in [3.63, 3.8) is 0 Å². The van der Waals surface area contributed by atoms with Crippen molar-refractivity contribution >= 4 is 10.4 Å². The molecule has 4 nitrogen and oxygen atoms in total. The van der Waals surface area contributed by atoms with E-state index in [4.69, 9.17) is 4.55 Å². The molecule has 0 bridgehead atoms. The van der Waals surface area contributed by atoms with Crippen LogP contribution in [0.1, 0.15) is 26.2 Å². The summed E-state index contributed by atoms with van der Waals surface area (Å²) in [5.74, 6) is -48.3. The van der Waals surface area contributed by atoms with Gasteiger partial charge in [0.15, 0.2) is 0 Å². The fraction of sp³-hybridized carbons (Fsp3) is 1.00. The van der Waals surface area contributed by atoms with Crippen molar-refractivity contribution in [3.05, 3.63) is 0 Å². The van der Waals surface area contributed by atoms with Gasteiger partial charge >= 0.3 is 52.1 Å². The van der Waals surface area contributed by atoms with Crippen molar-refractivity contribution in [1.29, 1.82) is 0 Å². The van der Waals surface area contributed by atoms with Gasteiger partial charge in [-0.2, -0.15) is 74.3 Å². The second kappa shape index (κ2) is 8.55. The van der Waals surface area contributed by atoms with Crippen LogP contribution in [0.5, 0.6) is 0 Å². The number of unbranched alkanes of at least 4 members (excludes halogenated alkanes) is 1. The average molecular weight is 536 g/mol. The molecule has 0 fully saturated rings. The van der Waals surface area contributed by atoms with Gasteiger partial charge in [-0.3, -0.25) is 4.55 Å². The molecule has 0 aromatic heterocycles. The fourth-order valence-corrected chi connectivity index (χ4v) is 2.52. The Kier molecular flexibility index (Phi) is 8.24. The smallest absolute Gasteiger partial charge is 0.264 e. The quantitative estimate of drug-likeness (QED) is 0.271. The second-order valence-electron chi connectivity index (χ2n) is 6.15. The SMILES string of the molecule is CCCCC(OS(=O)(=O)O)C(F)(F)C(F)(F)C(F)(F)C(F)(F)C(F)(F)C(F)(F)C(F)(F)F. The minimum atomic E-state index is -8.50. The Morgan fingerprint density at radius 1 is 0.688 bits per heavy atom. The number of rotatable bonds is 11. The van der Waals surface area contributed by atoms with Gasteiger partial charge in [0.1, 0.15) is 6.10 Å². The Bertz CT molecular complexity index is 759. The van der Waals surface area contributed by atoms with Gasteiger partial charge in [0, 0.05) is 0 Å².